The highest BCUT2D eigenvalue weighted by Crippen LogP contribution is 2.35. The lowest BCUT2D eigenvalue weighted by molar-refractivity contribution is 0.188. The third-order valence-corrected chi connectivity index (χ3v) is 2.81. The topological polar surface area (TPSA) is 70.6 Å². The van der Waals surface area contributed by atoms with E-state index in [9.17, 15) is 5.11 Å². The predicted molar refractivity (Wildman–Crippen MR) is 49.3 cm³/mol. The zero-order valence-corrected chi connectivity index (χ0v) is 7.35. The number of aliphatic hydroxyl groups excluding tert-OH is 1. The maximum Gasteiger partial charge on any atom is 0.196 e. The zero-order chi connectivity index (χ0) is 8.72. The summed E-state index contributed by atoms with van der Waals surface area (Å²) < 4.78 is 0. The maximum absolute atomic E-state index is 9.50. The molecule has 2 rings (SSSR count). The summed E-state index contributed by atoms with van der Waals surface area (Å²) >= 11 is 1.53. The first-order chi connectivity index (χ1) is 5.68. The minimum absolute atomic E-state index is 0.275. The Morgan fingerprint density at radius 2 is 2.50 bits per heavy atom. The molecule has 0 aliphatic carbocycles. The molecule has 0 fully saturated rings. The van der Waals surface area contributed by atoms with Crippen molar-refractivity contribution >= 4 is 22.3 Å². The summed E-state index contributed by atoms with van der Waals surface area (Å²) in [6, 6.07) is 0. The molecule has 1 atom stereocenters. The smallest absolute Gasteiger partial charge is 0.196 e. The molecular weight excluding hydrogens is 174 g/mol. The molecule has 2 heterocycles. The van der Waals surface area contributed by atoms with Crippen molar-refractivity contribution in [2.45, 2.75) is 13.2 Å². The number of aliphatic hydroxyl groups is 1. The van der Waals surface area contributed by atoms with Crippen molar-refractivity contribution < 1.29 is 5.11 Å². The molecule has 1 aliphatic heterocycles. The number of rotatable bonds is 0. The molecule has 0 bridgehead atoms. The Bertz CT molecular complexity index is 344. The number of fused-ring (bicyclic) bond motifs is 1. The van der Waals surface area contributed by atoms with Crippen LogP contribution in [0.2, 0.25) is 0 Å². The summed E-state index contributed by atoms with van der Waals surface area (Å²) in [5, 5.41) is 15.3. The molecule has 4 N–H and O–H groups in total. The van der Waals surface area contributed by atoms with Crippen molar-refractivity contribution in [3.63, 3.8) is 0 Å². The average molecular weight is 183 g/mol. The van der Waals surface area contributed by atoms with E-state index in [1.54, 1.807) is 0 Å². The van der Waals surface area contributed by atoms with Gasteiger partial charge < -0.3 is 16.2 Å². The van der Waals surface area contributed by atoms with Gasteiger partial charge in [0, 0.05) is 5.56 Å². The van der Waals surface area contributed by atoms with E-state index >= 15 is 0 Å². The summed E-state index contributed by atoms with van der Waals surface area (Å²) in [7, 11) is 0. The average Bonchev–Trinajstić information content (AvgIpc) is 2.31. The van der Waals surface area contributed by atoms with Gasteiger partial charge in [-0.25, -0.2) is 4.99 Å². The van der Waals surface area contributed by atoms with Crippen molar-refractivity contribution in [1.82, 2.24) is 0 Å². The summed E-state index contributed by atoms with van der Waals surface area (Å²) in [6.07, 6.45) is -0.799. The van der Waals surface area contributed by atoms with Crippen LogP contribution in [0, 0.1) is 6.92 Å². The molecule has 0 spiro atoms. The number of thiophene rings is 1. The molecule has 0 saturated heterocycles. The number of hydrogen-bond acceptors (Lipinski definition) is 5. The first kappa shape index (κ1) is 7.57. The summed E-state index contributed by atoms with van der Waals surface area (Å²) in [5.41, 5.74) is 7.32. The van der Waals surface area contributed by atoms with Crippen LogP contribution in [0.25, 0.3) is 0 Å². The normalized spacial score (nSPS) is 21.2. The molecule has 0 saturated carbocycles. The van der Waals surface area contributed by atoms with Gasteiger partial charge in [0.15, 0.2) is 12.2 Å². The van der Waals surface area contributed by atoms with E-state index in [2.05, 4.69) is 10.3 Å². The van der Waals surface area contributed by atoms with Gasteiger partial charge in [-0.3, -0.25) is 0 Å². The second kappa shape index (κ2) is 2.46. The van der Waals surface area contributed by atoms with Gasteiger partial charge in [-0.05, 0) is 17.9 Å². The highest BCUT2D eigenvalue weighted by molar-refractivity contribution is 7.14. The zero-order valence-electron chi connectivity index (χ0n) is 6.53. The van der Waals surface area contributed by atoms with Gasteiger partial charge in [-0.15, -0.1) is 11.3 Å². The number of nitrogens with one attached hydrogen (secondary N) is 1. The molecule has 4 nitrogen and oxygen atoms in total. The lowest BCUT2D eigenvalue weighted by Crippen LogP contribution is -2.27. The molecule has 1 unspecified atom stereocenters. The number of nitrogens with two attached hydrogens (primary N) is 1. The van der Waals surface area contributed by atoms with Crippen LogP contribution in [0.1, 0.15) is 17.4 Å². The summed E-state index contributed by atoms with van der Waals surface area (Å²) in [5.74, 6) is 0.275. The molecule has 1 aromatic rings. The van der Waals surface area contributed by atoms with Crippen molar-refractivity contribution in [3.8, 4) is 0 Å². The van der Waals surface area contributed by atoms with E-state index in [4.69, 9.17) is 5.73 Å². The molecule has 1 aromatic heterocycles. The molecular formula is C7H9N3OS. The van der Waals surface area contributed by atoms with Gasteiger partial charge in [0.25, 0.3) is 0 Å². The Morgan fingerprint density at radius 1 is 1.75 bits per heavy atom. The fraction of sp³-hybridized carbons (Fsp3) is 0.286. The number of aryl methyl sites for hydroxylation is 1. The van der Waals surface area contributed by atoms with E-state index in [1.165, 1.54) is 11.3 Å². The van der Waals surface area contributed by atoms with E-state index in [0.29, 0.717) is 0 Å². The number of hydrogen-bond donors (Lipinski definition) is 3. The predicted octanol–water partition coefficient (Wildman–Crippen LogP) is 0.788. The Balaban J connectivity index is 2.51. The Morgan fingerprint density at radius 3 is 3.25 bits per heavy atom. The van der Waals surface area contributed by atoms with Gasteiger partial charge in [-0.2, -0.15) is 0 Å². The number of nitrogens with zero attached hydrogens (tertiary/aromatic N) is 1. The minimum atomic E-state index is -0.799. The molecule has 1 aliphatic rings. The molecule has 0 radical (unpaired) electrons. The maximum atomic E-state index is 9.50. The van der Waals surface area contributed by atoms with Crippen LogP contribution in [-0.2, 0) is 0 Å². The van der Waals surface area contributed by atoms with E-state index in [0.717, 1.165) is 16.1 Å². The molecule has 0 aromatic carbocycles. The van der Waals surface area contributed by atoms with Crippen LogP contribution in [0.3, 0.4) is 0 Å². The van der Waals surface area contributed by atoms with Gasteiger partial charge in [-0.1, -0.05) is 0 Å². The Labute approximate surface area is 73.7 Å². The van der Waals surface area contributed by atoms with Crippen LogP contribution in [0.5, 0.6) is 0 Å². The molecule has 64 valence electrons. The fourth-order valence-electron chi connectivity index (χ4n) is 1.22. The minimum Gasteiger partial charge on any atom is -0.370 e. The Hall–Kier alpha value is -1.07. The SMILES string of the molecule is Cc1csc2c1C(O)N=C(N)N2. The van der Waals surface area contributed by atoms with Crippen LogP contribution < -0.4 is 11.1 Å². The van der Waals surface area contributed by atoms with Gasteiger partial charge in [0.2, 0.25) is 0 Å². The molecule has 5 heteroatoms. The number of guanidine groups is 1. The van der Waals surface area contributed by atoms with Crippen LogP contribution >= 0.6 is 11.3 Å². The molecule has 12 heavy (non-hydrogen) atoms. The first-order valence-corrected chi connectivity index (χ1v) is 4.43. The number of aliphatic imine (C=N–C) groups is 1. The van der Waals surface area contributed by atoms with Gasteiger partial charge in [0.1, 0.15) is 5.00 Å². The van der Waals surface area contributed by atoms with E-state index in [-0.39, 0.29) is 5.96 Å². The van der Waals surface area contributed by atoms with Crippen molar-refractivity contribution in [3.05, 3.63) is 16.5 Å². The second-order valence-corrected chi connectivity index (χ2v) is 3.55. The summed E-state index contributed by atoms with van der Waals surface area (Å²) in [4.78, 5) is 3.80. The Kier molecular flexibility index (Phi) is 1.55. The molecule has 0 amide bonds. The van der Waals surface area contributed by atoms with E-state index in [1.807, 2.05) is 12.3 Å². The first-order valence-electron chi connectivity index (χ1n) is 3.55. The largest absolute Gasteiger partial charge is 0.370 e. The lowest BCUT2D eigenvalue weighted by Gasteiger charge is -2.16. The third kappa shape index (κ3) is 0.981. The van der Waals surface area contributed by atoms with Crippen molar-refractivity contribution in [2.24, 2.45) is 10.7 Å². The van der Waals surface area contributed by atoms with Crippen molar-refractivity contribution in [2.75, 3.05) is 5.32 Å². The van der Waals surface area contributed by atoms with Crippen LogP contribution in [0.4, 0.5) is 5.00 Å². The van der Waals surface area contributed by atoms with Crippen LogP contribution in [-0.4, -0.2) is 11.1 Å². The van der Waals surface area contributed by atoms with Gasteiger partial charge >= 0.3 is 0 Å². The second-order valence-electron chi connectivity index (χ2n) is 2.67. The van der Waals surface area contributed by atoms with Crippen molar-refractivity contribution in [1.29, 1.82) is 0 Å². The van der Waals surface area contributed by atoms with Crippen LogP contribution in [0.15, 0.2) is 10.4 Å². The lowest BCUT2D eigenvalue weighted by atomic mass is 10.1. The van der Waals surface area contributed by atoms with Gasteiger partial charge in [0.05, 0.1) is 0 Å². The highest BCUT2D eigenvalue weighted by atomic mass is 32.1. The fourth-order valence-corrected chi connectivity index (χ4v) is 2.19. The highest BCUT2D eigenvalue weighted by Gasteiger charge is 2.21. The number of anilines is 1. The monoisotopic (exact) mass is 183 g/mol. The third-order valence-electron chi connectivity index (χ3n) is 1.78. The standard InChI is InChI=1S/C7H9N3OS/c1-3-2-12-6-4(3)5(11)9-7(8)10-6/h2,5,11H,1H3,(H3,8,9,10). The summed E-state index contributed by atoms with van der Waals surface area (Å²) in [6.45, 7) is 1.94. The van der Waals surface area contributed by atoms with E-state index < -0.39 is 6.23 Å². The quantitative estimate of drug-likeness (QED) is 0.557.